The first-order valence-electron chi connectivity index (χ1n) is 8.19. The van der Waals surface area contributed by atoms with Crippen LogP contribution >= 0.6 is 27.5 Å². The van der Waals surface area contributed by atoms with Crippen molar-refractivity contribution in [3.63, 3.8) is 0 Å². The zero-order chi connectivity index (χ0) is 19.7. The van der Waals surface area contributed by atoms with Crippen LogP contribution in [0.4, 0.5) is 5.82 Å². The summed E-state index contributed by atoms with van der Waals surface area (Å²) in [4.78, 5) is 17.3. The zero-order valence-electron chi connectivity index (χ0n) is 14.5. The van der Waals surface area contributed by atoms with Crippen molar-refractivity contribution in [3.8, 4) is 11.9 Å². The Balaban J connectivity index is 1.69. The molecule has 4 aromatic rings. The molecule has 0 saturated carbocycles. The molecule has 0 aliphatic heterocycles. The highest BCUT2D eigenvalue weighted by Gasteiger charge is 2.17. The van der Waals surface area contributed by atoms with Gasteiger partial charge in [-0.3, -0.25) is 0 Å². The molecule has 28 heavy (non-hydrogen) atoms. The van der Waals surface area contributed by atoms with E-state index in [1.807, 2.05) is 19.1 Å². The molecule has 1 unspecified atom stereocenters. The molecule has 138 valence electrons. The first-order chi connectivity index (χ1) is 13.6. The normalized spacial score (nSPS) is 11.9. The maximum absolute atomic E-state index is 8.93. The van der Waals surface area contributed by atoms with Gasteiger partial charge in [0.2, 0.25) is 0 Å². The zero-order valence-corrected chi connectivity index (χ0v) is 16.8. The number of hydrogen-bond acceptors (Lipinski definition) is 7. The second-order valence-corrected chi connectivity index (χ2v) is 7.21. The Morgan fingerprint density at radius 2 is 2.04 bits per heavy atom. The highest BCUT2D eigenvalue weighted by molar-refractivity contribution is 9.10. The van der Waals surface area contributed by atoms with Gasteiger partial charge in [-0.05, 0) is 47.1 Å². The van der Waals surface area contributed by atoms with E-state index in [2.05, 4.69) is 46.3 Å². The number of hydrogen-bond donors (Lipinski definition) is 1. The van der Waals surface area contributed by atoms with Crippen LogP contribution in [0.15, 0.2) is 47.6 Å². The molecular weight excluding hydrogens is 444 g/mol. The van der Waals surface area contributed by atoms with Crippen LogP contribution in [-0.4, -0.2) is 29.7 Å². The van der Waals surface area contributed by atoms with Gasteiger partial charge in [-0.1, -0.05) is 11.6 Å². The number of nitriles is 1. The predicted octanol–water partition coefficient (Wildman–Crippen LogP) is 4.07. The molecule has 10 heteroatoms. The number of fused-ring (bicyclic) bond motifs is 1. The topological polar surface area (TPSA) is 105 Å². The number of nitrogens with zero attached hydrogens (tertiary/aromatic N) is 7. The lowest BCUT2D eigenvalue weighted by atomic mass is 10.2. The summed E-state index contributed by atoms with van der Waals surface area (Å²) in [5.41, 5.74) is 1.23. The lowest BCUT2D eigenvalue weighted by Crippen LogP contribution is -2.15. The van der Waals surface area contributed by atoms with Gasteiger partial charge in [0, 0.05) is 21.1 Å². The summed E-state index contributed by atoms with van der Waals surface area (Å²) in [7, 11) is 0. The molecule has 0 bridgehead atoms. The molecule has 1 N–H and O–H groups in total. The van der Waals surface area contributed by atoms with Crippen LogP contribution in [-0.2, 0) is 0 Å². The van der Waals surface area contributed by atoms with Crippen molar-refractivity contribution in [2.75, 3.05) is 5.32 Å². The fourth-order valence-corrected chi connectivity index (χ4v) is 3.69. The summed E-state index contributed by atoms with van der Waals surface area (Å²) in [6.45, 7) is 1.94. The van der Waals surface area contributed by atoms with E-state index in [-0.39, 0.29) is 6.04 Å². The fourth-order valence-electron chi connectivity index (χ4n) is 2.78. The van der Waals surface area contributed by atoms with Gasteiger partial charge in [-0.25, -0.2) is 19.9 Å². The van der Waals surface area contributed by atoms with Crippen molar-refractivity contribution >= 4 is 44.3 Å². The molecule has 0 aliphatic rings. The van der Waals surface area contributed by atoms with E-state index >= 15 is 0 Å². The van der Waals surface area contributed by atoms with Crippen LogP contribution < -0.4 is 5.32 Å². The van der Waals surface area contributed by atoms with E-state index < -0.39 is 0 Å². The SMILES string of the molecule is CC(Nc1ncnc2c(Br)cc(Cl)cc12)c1ncnn1-c1ccc(C#N)cn1. The first-order valence-corrected chi connectivity index (χ1v) is 9.36. The molecule has 4 rings (SSSR count). The van der Waals surface area contributed by atoms with Crippen molar-refractivity contribution < 1.29 is 0 Å². The monoisotopic (exact) mass is 454 g/mol. The third-order valence-corrected chi connectivity index (χ3v) is 4.89. The molecule has 0 fully saturated rings. The third-order valence-electron chi connectivity index (χ3n) is 4.07. The van der Waals surface area contributed by atoms with Crippen LogP contribution in [0.5, 0.6) is 0 Å². The van der Waals surface area contributed by atoms with Gasteiger partial charge in [-0.2, -0.15) is 15.0 Å². The quantitative estimate of drug-likeness (QED) is 0.494. The van der Waals surface area contributed by atoms with Crippen molar-refractivity contribution in [2.24, 2.45) is 0 Å². The van der Waals surface area contributed by atoms with Crippen LogP contribution in [0.1, 0.15) is 24.4 Å². The molecule has 1 atom stereocenters. The van der Waals surface area contributed by atoms with E-state index in [4.69, 9.17) is 16.9 Å². The van der Waals surface area contributed by atoms with Crippen LogP contribution in [0, 0.1) is 11.3 Å². The van der Waals surface area contributed by atoms with Gasteiger partial charge in [-0.15, -0.1) is 0 Å². The smallest absolute Gasteiger partial charge is 0.156 e. The van der Waals surface area contributed by atoms with Gasteiger partial charge in [0.05, 0.1) is 17.1 Å². The maximum atomic E-state index is 8.93. The summed E-state index contributed by atoms with van der Waals surface area (Å²) >= 11 is 9.67. The van der Waals surface area contributed by atoms with Gasteiger partial charge < -0.3 is 5.32 Å². The van der Waals surface area contributed by atoms with E-state index in [9.17, 15) is 0 Å². The molecule has 0 spiro atoms. The summed E-state index contributed by atoms with van der Waals surface area (Å²) in [5.74, 6) is 1.84. The Bertz CT molecular complexity index is 1200. The lowest BCUT2D eigenvalue weighted by Gasteiger charge is -2.16. The number of halogens is 2. The average Bonchev–Trinajstić information content (AvgIpc) is 3.18. The summed E-state index contributed by atoms with van der Waals surface area (Å²) < 4.78 is 2.41. The second kappa shape index (κ2) is 7.50. The fraction of sp³-hybridized carbons (Fsp3) is 0.111. The Morgan fingerprint density at radius 3 is 2.79 bits per heavy atom. The molecule has 3 aromatic heterocycles. The number of rotatable bonds is 4. The van der Waals surface area contributed by atoms with Gasteiger partial charge >= 0.3 is 0 Å². The van der Waals surface area contributed by atoms with Gasteiger partial charge in [0.15, 0.2) is 11.6 Å². The van der Waals surface area contributed by atoms with Crippen molar-refractivity contribution in [1.29, 1.82) is 5.26 Å². The van der Waals surface area contributed by atoms with Gasteiger partial charge in [0.25, 0.3) is 0 Å². The molecular formula is C18H12BrClN8. The van der Waals surface area contributed by atoms with Crippen molar-refractivity contribution in [3.05, 3.63) is 64.0 Å². The Labute approximate surface area is 173 Å². The third kappa shape index (κ3) is 3.40. The molecule has 3 heterocycles. The van der Waals surface area contributed by atoms with E-state index in [0.29, 0.717) is 28.0 Å². The van der Waals surface area contributed by atoms with Gasteiger partial charge in [0.1, 0.15) is 24.5 Å². The van der Waals surface area contributed by atoms with E-state index in [1.54, 1.807) is 22.9 Å². The number of benzene rings is 1. The van der Waals surface area contributed by atoms with Crippen LogP contribution in [0.25, 0.3) is 16.7 Å². The minimum atomic E-state index is -0.240. The van der Waals surface area contributed by atoms with Crippen LogP contribution in [0.3, 0.4) is 0 Å². The van der Waals surface area contributed by atoms with Crippen molar-refractivity contribution in [1.82, 2.24) is 29.7 Å². The molecule has 0 radical (unpaired) electrons. The largest absolute Gasteiger partial charge is 0.360 e. The van der Waals surface area contributed by atoms with E-state index in [1.165, 1.54) is 18.9 Å². The van der Waals surface area contributed by atoms with Crippen molar-refractivity contribution in [2.45, 2.75) is 13.0 Å². The highest BCUT2D eigenvalue weighted by Crippen LogP contribution is 2.31. The Hall–Kier alpha value is -3.09. The number of aromatic nitrogens is 6. The molecule has 8 nitrogen and oxygen atoms in total. The summed E-state index contributed by atoms with van der Waals surface area (Å²) in [6.07, 6.45) is 4.44. The number of pyridine rings is 1. The summed E-state index contributed by atoms with van der Waals surface area (Å²) in [5, 5.41) is 17.9. The molecule has 1 aromatic carbocycles. The Morgan fingerprint density at radius 1 is 1.18 bits per heavy atom. The maximum Gasteiger partial charge on any atom is 0.156 e. The first kappa shape index (κ1) is 18.3. The van der Waals surface area contributed by atoms with Crippen LogP contribution in [0.2, 0.25) is 5.02 Å². The standard InChI is InChI=1S/C18H12BrClN8/c1-10(18-25-9-26-28(18)15-3-2-11(6-21)7-22-15)27-17-13-4-12(20)5-14(19)16(13)23-8-24-17/h2-5,7-10H,1H3,(H,23,24,27). The summed E-state index contributed by atoms with van der Waals surface area (Å²) in [6, 6.07) is 8.81. The number of nitrogens with one attached hydrogen (secondary N) is 1. The van der Waals surface area contributed by atoms with E-state index in [0.717, 1.165) is 15.4 Å². The Kier molecular flexibility index (Phi) is 4.90. The lowest BCUT2D eigenvalue weighted by molar-refractivity contribution is 0.710. The number of anilines is 1. The minimum absolute atomic E-state index is 0.240. The predicted molar refractivity (Wildman–Crippen MR) is 108 cm³/mol. The molecule has 0 amide bonds. The minimum Gasteiger partial charge on any atom is -0.360 e. The molecule has 0 saturated heterocycles. The molecule has 0 aliphatic carbocycles. The highest BCUT2D eigenvalue weighted by atomic mass is 79.9. The average molecular weight is 456 g/mol. The second-order valence-electron chi connectivity index (χ2n) is 5.92.